The average Bonchev–Trinajstić information content (AvgIpc) is 2.43. The van der Waals surface area contributed by atoms with Crippen LogP contribution >= 0.6 is 11.3 Å². The Balaban J connectivity index is 2.76. The van der Waals surface area contributed by atoms with Crippen molar-refractivity contribution in [3.63, 3.8) is 0 Å². The zero-order valence-corrected chi connectivity index (χ0v) is 7.79. The van der Waals surface area contributed by atoms with Crippen molar-refractivity contribution < 1.29 is 0 Å². The van der Waals surface area contributed by atoms with Gasteiger partial charge in [0.1, 0.15) is 4.83 Å². The van der Waals surface area contributed by atoms with Gasteiger partial charge in [0.2, 0.25) is 0 Å². The predicted octanol–water partition coefficient (Wildman–Crippen LogP) is 2.04. The highest BCUT2D eigenvalue weighted by Crippen LogP contribution is 2.23. The maximum absolute atomic E-state index is 11.0. The van der Waals surface area contributed by atoms with Crippen molar-refractivity contribution in [1.82, 2.24) is 9.97 Å². The molecule has 0 radical (unpaired) electrons. The molecule has 0 aliphatic heterocycles. The third-order valence-electron chi connectivity index (χ3n) is 1.92. The molecular formula is C8H10N2OS. The van der Waals surface area contributed by atoms with Gasteiger partial charge in [-0.25, -0.2) is 0 Å². The fourth-order valence-corrected chi connectivity index (χ4v) is 2.03. The summed E-state index contributed by atoms with van der Waals surface area (Å²) in [5.74, 6) is 0.448. The molecular weight excluding hydrogens is 172 g/mol. The summed E-state index contributed by atoms with van der Waals surface area (Å²) in [5, 5.41) is 0. The third-order valence-corrected chi connectivity index (χ3v) is 2.73. The lowest BCUT2D eigenvalue weighted by molar-refractivity contribution is 0.872. The van der Waals surface area contributed by atoms with Gasteiger partial charge in [-0.2, -0.15) is 0 Å². The van der Waals surface area contributed by atoms with Gasteiger partial charge in [-0.1, -0.05) is 25.2 Å². The molecule has 0 saturated heterocycles. The topological polar surface area (TPSA) is 48.6 Å². The summed E-state index contributed by atoms with van der Waals surface area (Å²) >= 11 is 1.22. The van der Waals surface area contributed by atoms with E-state index >= 15 is 0 Å². The minimum absolute atomic E-state index is 0.0127. The van der Waals surface area contributed by atoms with Crippen LogP contribution in [0.2, 0.25) is 0 Å². The SMILES string of the molecule is CC(C)c1c[nH]c2sc(=O)[nH]c12. The van der Waals surface area contributed by atoms with Crippen molar-refractivity contribution in [2.45, 2.75) is 19.8 Å². The van der Waals surface area contributed by atoms with E-state index < -0.39 is 0 Å². The van der Waals surface area contributed by atoms with Crippen LogP contribution in [-0.4, -0.2) is 9.97 Å². The summed E-state index contributed by atoms with van der Waals surface area (Å²) in [5.41, 5.74) is 2.16. The third kappa shape index (κ3) is 0.992. The first-order valence-electron chi connectivity index (χ1n) is 3.88. The van der Waals surface area contributed by atoms with E-state index in [4.69, 9.17) is 0 Å². The van der Waals surface area contributed by atoms with Crippen molar-refractivity contribution >= 4 is 21.7 Å². The van der Waals surface area contributed by atoms with E-state index in [9.17, 15) is 4.79 Å². The molecule has 2 aromatic heterocycles. The highest BCUT2D eigenvalue weighted by molar-refractivity contribution is 7.16. The zero-order chi connectivity index (χ0) is 8.72. The Morgan fingerprint density at radius 3 is 2.92 bits per heavy atom. The lowest BCUT2D eigenvalue weighted by atomic mass is 10.1. The summed E-state index contributed by atoms with van der Waals surface area (Å²) in [6, 6.07) is 0. The van der Waals surface area contributed by atoms with Crippen LogP contribution in [-0.2, 0) is 0 Å². The number of nitrogens with one attached hydrogen (secondary N) is 2. The second-order valence-corrected chi connectivity index (χ2v) is 4.10. The molecule has 2 aromatic rings. The number of fused-ring (bicyclic) bond motifs is 1. The second-order valence-electron chi connectivity index (χ2n) is 3.12. The first-order valence-corrected chi connectivity index (χ1v) is 4.70. The molecule has 4 heteroatoms. The molecule has 0 saturated carbocycles. The van der Waals surface area contributed by atoms with Crippen LogP contribution in [0.1, 0.15) is 25.3 Å². The summed E-state index contributed by atoms with van der Waals surface area (Å²) in [4.78, 5) is 17.8. The van der Waals surface area contributed by atoms with Crippen LogP contribution in [0.15, 0.2) is 11.0 Å². The normalized spacial score (nSPS) is 11.6. The molecule has 0 unspecified atom stereocenters. The van der Waals surface area contributed by atoms with Crippen LogP contribution in [0.3, 0.4) is 0 Å². The largest absolute Gasteiger partial charge is 0.351 e. The van der Waals surface area contributed by atoms with Crippen LogP contribution in [0.4, 0.5) is 0 Å². The molecule has 0 fully saturated rings. The Hall–Kier alpha value is -1.03. The van der Waals surface area contributed by atoms with Crippen molar-refractivity contribution in [1.29, 1.82) is 0 Å². The van der Waals surface area contributed by atoms with Gasteiger partial charge in [0.05, 0.1) is 5.52 Å². The van der Waals surface area contributed by atoms with Crippen molar-refractivity contribution in [2.75, 3.05) is 0 Å². The molecule has 0 bridgehead atoms. The highest BCUT2D eigenvalue weighted by Gasteiger charge is 2.09. The maximum Gasteiger partial charge on any atom is 0.306 e. The number of aromatic amines is 2. The minimum atomic E-state index is 0.0127. The quantitative estimate of drug-likeness (QED) is 0.696. The van der Waals surface area contributed by atoms with Gasteiger partial charge in [-0.15, -0.1) is 0 Å². The Morgan fingerprint density at radius 2 is 2.25 bits per heavy atom. The molecule has 64 valence electrons. The molecule has 2 rings (SSSR count). The first-order chi connectivity index (χ1) is 5.68. The number of hydrogen-bond donors (Lipinski definition) is 2. The number of thiazole rings is 1. The monoisotopic (exact) mass is 182 g/mol. The molecule has 2 N–H and O–H groups in total. The highest BCUT2D eigenvalue weighted by atomic mass is 32.1. The first kappa shape index (κ1) is 7.61. The lowest BCUT2D eigenvalue weighted by Crippen LogP contribution is -1.93. The minimum Gasteiger partial charge on any atom is -0.351 e. The molecule has 0 aromatic carbocycles. The van der Waals surface area contributed by atoms with Gasteiger partial charge >= 0.3 is 4.87 Å². The average molecular weight is 182 g/mol. The summed E-state index contributed by atoms with van der Waals surface area (Å²) in [6.07, 6.45) is 1.96. The number of rotatable bonds is 1. The smallest absolute Gasteiger partial charge is 0.306 e. The van der Waals surface area contributed by atoms with E-state index in [0.717, 1.165) is 10.3 Å². The summed E-state index contributed by atoms with van der Waals surface area (Å²) in [6.45, 7) is 4.22. The van der Waals surface area contributed by atoms with Gasteiger partial charge in [0.25, 0.3) is 0 Å². The Bertz CT molecular complexity index is 449. The molecule has 0 amide bonds. The van der Waals surface area contributed by atoms with Crippen molar-refractivity contribution in [3.8, 4) is 0 Å². The van der Waals surface area contributed by atoms with Gasteiger partial charge in [-0.05, 0) is 11.5 Å². The molecule has 12 heavy (non-hydrogen) atoms. The Morgan fingerprint density at radius 1 is 1.50 bits per heavy atom. The maximum atomic E-state index is 11.0. The molecule has 0 aliphatic carbocycles. The fourth-order valence-electron chi connectivity index (χ4n) is 1.30. The van der Waals surface area contributed by atoms with E-state index in [0.29, 0.717) is 5.92 Å². The zero-order valence-electron chi connectivity index (χ0n) is 6.97. The van der Waals surface area contributed by atoms with Gasteiger partial charge in [0.15, 0.2) is 0 Å². The molecule has 0 atom stereocenters. The number of H-pyrrole nitrogens is 2. The van der Waals surface area contributed by atoms with E-state index in [1.165, 1.54) is 16.9 Å². The second kappa shape index (κ2) is 2.48. The lowest BCUT2D eigenvalue weighted by Gasteiger charge is -1.98. The van der Waals surface area contributed by atoms with Crippen LogP contribution < -0.4 is 4.87 Å². The van der Waals surface area contributed by atoms with Gasteiger partial charge in [-0.3, -0.25) is 4.79 Å². The predicted molar refractivity (Wildman–Crippen MR) is 50.9 cm³/mol. The van der Waals surface area contributed by atoms with Crippen molar-refractivity contribution in [3.05, 3.63) is 21.4 Å². The van der Waals surface area contributed by atoms with Crippen LogP contribution in [0.5, 0.6) is 0 Å². The fraction of sp³-hybridized carbons (Fsp3) is 0.375. The molecule has 3 nitrogen and oxygen atoms in total. The molecule has 0 aliphatic rings. The van der Waals surface area contributed by atoms with Crippen molar-refractivity contribution in [2.24, 2.45) is 0 Å². The number of aromatic nitrogens is 2. The van der Waals surface area contributed by atoms with Gasteiger partial charge in [0, 0.05) is 6.20 Å². The van der Waals surface area contributed by atoms with Crippen LogP contribution in [0.25, 0.3) is 10.3 Å². The van der Waals surface area contributed by atoms with E-state index in [2.05, 4.69) is 23.8 Å². The summed E-state index contributed by atoms with van der Waals surface area (Å²) < 4.78 is 0. The van der Waals surface area contributed by atoms with E-state index in [1.54, 1.807) is 0 Å². The Labute approximate surface area is 73.4 Å². The van der Waals surface area contributed by atoms with Gasteiger partial charge < -0.3 is 9.97 Å². The standard InChI is InChI=1S/C8H10N2OS/c1-4(2)5-3-9-7-6(5)10-8(11)12-7/h3-4,9H,1-2H3,(H,10,11). The Kier molecular flexibility index (Phi) is 1.58. The molecule has 0 spiro atoms. The van der Waals surface area contributed by atoms with Crippen LogP contribution in [0, 0.1) is 0 Å². The molecule has 2 heterocycles. The van der Waals surface area contributed by atoms with E-state index in [1.807, 2.05) is 6.20 Å². The van der Waals surface area contributed by atoms with E-state index in [-0.39, 0.29) is 4.87 Å². The number of hydrogen-bond acceptors (Lipinski definition) is 2. The summed E-state index contributed by atoms with van der Waals surface area (Å²) in [7, 11) is 0.